The van der Waals surface area contributed by atoms with E-state index in [2.05, 4.69) is 48.5 Å². The van der Waals surface area contributed by atoms with Gasteiger partial charge in [0.2, 0.25) is 0 Å². The maximum atomic E-state index is 12.4. The van der Waals surface area contributed by atoms with Crippen LogP contribution in [0.5, 0.6) is 0 Å². The van der Waals surface area contributed by atoms with Gasteiger partial charge in [-0.2, -0.15) is 0 Å². The van der Waals surface area contributed by atoms with Crippen LogP contribution in [-0.4, -0.2) is 5.78 Å². The Morgan fingerprint density at radius 1 is 0.800 bits per heavy atom. The van der Waals surface area contributed by atoms with Gasteiger partial charge in [0.15, 0.2) is 0 Å². The maximum absolute atomic E-state index is 12.4. The molecule has 0 aromatic heterocycles. The Morgan fingerprint density at radius 3 is 1.85 bits per heavy atom. The van der Waals surface area contributed by atoms with E-state index in [0.29, 0.717) is 5.78 Å². The third-order valence-corrected chi connectivity index (χ3v) is 4.32. The highest BCUT2D eigenvalue weighted by Gasteiger charge is 2.32. The number of rotatable bonds is 3. The average molecular weight is 264 g/mol. The van der Waals surface area contributed by atoms with Crippen LogP contribution in [0.2, 0.25) is 0 Å². The Morgan fingerprint density at radius 2 is 1.35 bits per heavy atom. The summed E-state index contributed by atoms with van der Waals surface area (Å²) in [5.74, 6) is 0.799. The minimum Gasteiger partial charge on any atom is -0.299 e. The SMILES string of the molecule is O=C1CCCCC1C(c1ccccc1)c1ccccc1. The van der Waals surface area contributed by atoms with Gasteiger partial charge in [0.1, 0.15) is 5.78 Å². The van der Waals surface area contributed by atoms with E-state index in [0.717, 1.165) is 19.3 Å². The Kier molecular flexibility index (Phi) is 3.96. The molecule has 2 aromatic rings. The van der Waals surface area contributed by atoms with Crippen molar-refractivity contribution in [3.63, 3.8) is 0 Å². The minimum atomic E-state index is 0.147. The summed E-state index contributed by atoms with van der Waals surface area (Å²) in [6, 6.07) is 21.0. The maximum Gasteiger partial charge on any atom is 0.136 e. The summed E-state index contributed by atoms with van der Waals surface area (Å²) in [5.41, 5.74) is 2.53. The van der Waals surface area contributed by atoms with Gasteiger partial charge in [-0.25, -0.2) is 0 Å². The summed E-state index contributed by atoms with van der Waals surface area (Å²) in [7, 11) is 0. The van der Waals surface area contributed by atoms with E-state index in [1.54, 1.807) is 0 Å². The Hall–Kier alpha value is -1.89. The molecule has 0 spiro atoms. The van der Waals surface area contributed by atoms with Crippen molar-refractivity contribution in [2.24, 2.45) is 5.92 Å². The molecule has 3 rings (SSSR count). The zero-order valence-electron chi connectivity index (χ0n) is 11.7. The number of carbonyl (C=O) groups excluding carboxylic acids is 1. The lowest BCUT2D eigenvalue weighted by molar-refractivity contribution is -0.125. The Labute approximate surface area is 120 Å². The molecule has 1 fully saturated rings. The highest BCUT2D eigenvalue weighted by atomic mass is 16.1. The van der Waals surface area contributed by atoms with Gasteiger partial charge >= 0.3 is 0 Å². The lowest BCUT2D eigenvalue weighted by Gasteiger charge is -2.30. The van der Waals surface area contributed by atoms with Gasteiger partial charge in [-0.15, -0.1) is 0 Å². The molecule has 1 aliphatic rings. The van der Waals surface area contributed by atoms with Crippen LogP contribution in [0, 0.1) is 5.92 Å². The third-order valence-electron chi connectivity index (χ3n) is 4.32. The molecule has 1 atom stereocenters. The first kappa shape index (κ1) is 13.1. The number of Topliss-reactive ketones (excluding diaryl/α,β-unsaturated/α-hetero) is 1. The molecule has 1 heteroatoms. The van der Waals surface area contributed by atoms with E-state index in [-0.39, 0.29) is 11.8 Å². The van der Waals surface area contributed by atoms with Gasteiger partial charge in [0.25, 0.3) is 0 Å². The van der Waals surface area contributed by atoms with Crippen molar-refractivity contribution in [2.45, 2.75) is 31.6 Å². The zero-order valence-corrected chi connectivity index (χ0v) is 11.7. The van der Waals surface area contributed by atoms with Crippen LogP contribution >= 0.6 is 0 Å². The molecule has 0 N–H and O–H groups in total. The van der Waals surface area contributed by atoms with E-state index in [1.807, 2.05) is 12.1 Å². The summed E-state index contributed by atoms with van der Waals surface area (Å²) in [4.78, 5) is 12.4. The normalized spacial score (nSPS) is 19.2. The van der Waals surface area contributed by atoms with Crippen molar-refractivity contribution < 1.29 is 4.79 Å². The molecule has 20 heavy (non-hydrogen) atoms. The van der Waals surface area contributed by atoms with Gasteiger partial charge in [0.05, 0.1) is 0 Å². The Balaban J connectivity index is 2.02. The van der Waals surface area contributed by atoms with Crippen LogP contribution < -0.4 is 0 Å². The fourth-order valence-electron chi connectivity index (χ4n) is 3.34. The van der Waals surface area contributed by atoms with Gasteiger partial charge in [0, 0.05) is 18.3 Å². The second kappa shape index (κ2) is 6.04. The molecule has 1 nitrogen and oxygen atoms in total. The summed E-state index contributed by atoms with van der Waals surface area (Å²) in [6.07, 6.45) is 4.01. The number of benzene rings is 2. The van der Waals surface area contributed by atoms with Crippen molar-refractivity contribution >= 4 is 5.78 Å². The highest BCUT2D eigenvalue weighted by Crippen LogP contribution is 2.38. The van der Waals surface area contributed by atoms with Crippen LogP contribution in [0.25, 0.3) is 0 Å². The second-order valence-electron chi connectivity index (χ2n) is 5.62. The fraction of sp³-hybridized carbons (Fsp3) is 0.316. The quantitative estimate of drug-likeness (QED) is 0.793. The van der Waals surface area contributed by atoms with Crippen molar-refractivity contribution in [1.29, 1.82) is 0 Å². The molecule has 1 saturated carbocycles. The van der Waals surface area contributed by atoms with E-state index in [9.17, 15) is 4.79 Å². The standard InChI is InChI=1S/C19H20O/c20-18-14-8-7-13-17(18)19(15-9-3-1-4-10-15)16-11-5-2-6-12-16/h1-6,9-12,17,19H,7-8,13-14H2. The summed E-state index contributed by atoms with van der Waals surface area (Å²) in [5, 5.41) is 0. The summed E-state index contributed by atoms with van der Waals surface area (Å²) in [6.45, 7) is 0. The highest BCUT2D eigenvalue weighted by molar-refractivity contribution is 5.83. The molecule has 0 aliphatic heterocycles. The minimum absolute atomic E-state index is 0.147. The molecule has 0 radical (unpaired) electrons. The van der Waals surface area contributed by atoms with Crippen LogP contribution in [0.1, 0.15) is 42.7 Å². The lowest BCUT2D eigenvalue weighted by atomic mass is 9.73. The predicted molar refractivity (Wildman–Crippen MR) is 81.7 cm³/mol. The molecule has 0 heterocycles. The molecule has 1 aliphatic carbocycles. The molecule has 0 bridgehead atoms. The van der Waals surface area contributed by atoms with Gasteiger partial charge < -0.3 is 0 Å². The average Bonchev–Trinajstić information content (AvgIpc) is 2.52. The van der Waals surface area contributed by atoms with Crippen LogP contribution in [0.4, 0.5) is 0 Å². The van der Waals surface area contributed by atoms with E-state index in [1.165, 1.54) is 17.5 Å². The first-order valence-corrected chi connectivity index (χ1v) is 7.49. The smallest absolute Gasteiger partial charge is 0.136 e. The molecule has 1 unspecified atom stereocenters. The van der Waals surface area contributed by atoms with Crippen molar-refractivity contribution in [2.75, 3.05) is 0 Å². The monoisotopic (exact) mass is 264 g/mol. The molecule has 2 aromatic carbocycles. The first-order chi connectivity index (χ1) is 9.86. The first-order valence-electron chi connectivity index (χ1n) is 7.49. The number of carbonyl (C=O) groups is 1. The Bertz CT molecular complexity index is 519. The second-order valence-corrected chi connectivity index (χ2v) is 5.62. The predicted octanol–water partition coefficient (Wildman–Crippen LogP) is 4.58. The molecule has 0 amide bonds. The van der Waals surface area contributed by atoms with Gasteiger partial charge in [-0.1, -0.05) is 67.1 Å². The third kappa shape index (κ3) is 2.67. The molecular weight excluding hydrogens is 244 g/mol. The van der Waals surface area contributed by atoms with Crippen LogP contribution in [0.3, 0.4) is 0 Å². The van der Waals surface area contributed by atoms with Crippen molar-refractivity contribution in [3.8, 4) is 0 Å². The molecule has 102 valence electrons. The zero-order chi connectivity index (χ0) is 13.8. The fourth-order valence-corrected chi connectivity index (χ4v) is 3.34. The van der Waals surface area contributed by atoms with Crippen molar-refractivity contribution in [1.82, 2.24) is 0 Å². The largest absolute Gasteiger partial charge is 0.299 e. The van der Waals surface area contributed by atoms with Gasteiger partial charge in [-0.3, -0.25) is 4.79 Å². The van der Waals surface area contributed by atoms with Gasteiger partial charge in [-0.05, 0) is 24.0 Å². The summed E-state index contributed by atoms with van der Waals surface area (Å²) < 4.78 is 0. The van der Waals surface area contributed by atoms with Crippen LogP contribution in [0.15, 0.2) is 60.7 Å². The topological polar surface area (TPSA) is 17.1 Å². The van der Waals surface area contributed by atoms with E-state index >= 15 is 0 Å². The lowest BCUT2D eigenvalue weighted by Crippen LogP contribution is -2.26. The number of ketones is 1. The van der Waals surface area contributed by atoms with E-state index < -0.39 is 0 Å². The summed E-state index contributed by atoms with van der Waals surface area (Å²) >= 11 is 0. The number of hydrogen-bond acceptors (Lipinski definition) is 1. The number of hydrogen-bond donors (Lipinski definition) is 0. The van der Waals surface area contributed by atoms with Crippen LogP contribution in [-0.2, 0) is 4.79 Å². The molecule has 0 saturated heterocycles. The van der Waals surface area contributed by atoms with E-state index in [4.69, 9.17) is 0 Å². The van der Waals surface area contributed by atoms with Crippen molar-refractivity contribution in [3.05, 3.63) is 71.8 Å². The molecular formula is C19H20O.